The van der Waals surface area contributed by atoms with Gasteiger partial charge in [0, 0.05) is 18.4 Å². The third-order valence-corrected chi connectivity index (χ3v) is 5.46. The van der Waals surface area contributed by atoms with E-state index in [-0.39, 0.29) is 24.4 Å². The maximum absolute atomic E-state index is 12.2. The Hall–Kier alpha value is -2.71. The number of thiophene rings is 1. The lowest BCUT2D eigenvalue weighted by atomic mass is 10.2. The van der Waals surface area contributed by atoms with Gasteiger partial charge in [0.25, 0.3) is 0 Å². The Labute approximate surface area is 173 Å². The molecule has 2 aromatic rings. The van der Waals surface area contributed by atoms with Crippen LogP contribution in [0.5, 0.6) is 5.75 Å². The van der Waals surface area contributed by atoms with E-state index in [1.807, 2.05) is 0 Å². The summed E-state index contributed by atoms with van der Waals surface area (Å²) in [6, 6.07) is 10.0. The predicted molar refractivity (Wildman–Crippen MR) is 107 cm³/mol. The molecule has 1 aliphatic rings. The van der Waals surface area contributed by atoms with Gasteiger partial charge in [0.1, 0.15) is 12.4 Å². The van der Waals surface area contributed by atoms with Crippen LogP contribution in [0.2, 0.25) is 0 Å². The highest BCUT2D eigenvalue weighted by molar-refractivity contribution is 7.14. The number of carbonyl (C=O) groups is 3. The molecule has 154 valence electrons. The molecular formula is C21H23NO6S. The Bertz CT molecular complexity index is 854. The van der Waals surface area contributed by atoms with Crippen molar-refractivity contribution in [3.05, 3.63) is 51.7 Å². The van der Waals surface area contributed by atoms with Gasteiger partial charge in [-0.3, -0.25) is 9.59 Å². The molecule has 29 heavy (non-hydrogen) atoms. The van der Waals surface area contributed by atoms with Crippen molar-refractivity contribution in [3.63, 3.8) is 0 Å². The monoisotopic (exact) mass is 417 g/mol. The average Bonchev–Trinajstić information content (AvgIpc) is 3.41. The van der Waals surface area contributed by atoms with Crippen LogP contribution in [0.4, 0.5) is 0 Å². The van der Waals surface area contributed by atoms with Gasteiger partial charge in [-0.05, 0) is 49.2 Å². The van der Waals surface area contributed by atoms with Crippen LogP contribution in [-0.4, -0.2) is 43.6 Å². The number of ether oxygens (including phenoxy) is 3. The fourth-order valence-electron chi connectivity index (χ4n) is 2.77. The summed E-state index contributed by atoms with van der Waals surface area (Å²) >= 11 is 1.27. The second kappa shape index (κ2) is 10.2. The summed E-state index contributed by atoms with van der Waals surface area (Å²) in [5.41, 5.74) is 0.347. The Balaban J connectivity index is 1.44. The number of ketones is 1. The van der Waals surface area contributed by atoms with E-state index in [0.717, 1.165) is 24.3 Å². The molecule has 3 rings (SSSR count). The van der Waals surface area contributed by atoms with Crippen LogP contribution in [0.25, 0.3) is 0 Å². The molecule has 2 heterocycles. The number of hydrogen-bond donors (Lipinski definition) is 1. The normalized spacial score (nSPS) is 15.7. The molecule has 1 N–H and O–H groups in total. The SMILES string of the molecule is CC(=O)NCc1ccc(C(=O)COC(=O)c2ccc(OC[C@@H]3CCCO3)cc2)s1. The zero-order valence-electron chi connectivity index (χ0n) is 16.1. The van der Waals surface area contributed by atoms with Crippen molar-refractivity contribution in [2.45, 2.75) is 32.4 Å². The largest absolute Gasteiger partial charge is 0.491 e. The minimum atomic E-state index is -0.570. The van der Waals surface area contributed by atoms with Crippen LogP contribution in [0.1, 0.15) is 44.7 Å². The fourth-order valence-corrected chi connectivity index (χ4v) is 3.64. The number of rotatable bonds is 9. The molecular weight excluding hydrogens is 394 g/mol. The minimum absolute atomic E-state index is 0.127. The van der Waals surface area contributed by atoms with E-state index < -0.39 is 5.97 Å². The molecule has 0 saturated carbocycles. The second-order valence-electron chi connectivity index (χ2n) is 6.65. The van der Waals surface area contributed by atoms with Gasteiger partial charge in [0.15, 0.2) is 6.61 Å². The van der Waals surface area contributed by atoms with Gasteiger partial charge in [-0.2, -0.15) is 0 Å². The fraction of sp³-hybridized carbons (Fsp3) is 0.381. The van der Waals surface area contributed by atoms with Gasteiger partial charge in [-0.15, -0.1) is 11.3 Å². The molecule has 0 aliphatic carbocycles. The lowest BCUT2D eigenvalue weighted by molar-refractivity contribution is -0.119. The molecule has 8 heteroatoms. The summed E-state index contributed by atoms with van der Waals surface area (Å²) in [6.07, 6.45) is 2.18. The number of nitrogens with one attached hydrogen (secondary N) is 1. The van der Waals surface area contributed by atoms with E-state index in [4.69, 9.17) is 14.2 Å². The third kappa shape index (κ3) is 6.40. The number of Topliss-reactive ketones (excluding diaryl/α,β-unsaturated/α-hetero) is 1. The lowest BCUT2D eigenvalue weighted by Crippen LogP contribution is -2.18. The van der Waals surface area contributed by atoms with Crippen LogP contribution in [0.3, 0.4) is 0 Å². The average molecular weight is 417 g/mol. The summed E-state index contributed by atoms with van der Waals surface area (Å²) in [6.45, 7) is 2.73. The Morgan fingerprint density at radius 2 is 1.97 bits per heavy atom. The van der Waals surface area contributed by atoms with Crippen LogP contribution < -0.4 is 10.1 Å². The highest BCUT2D eigenvalue weighted by Crippen LogP contribution is 2.19. The quantitative estimate of drug-likeness (QED) is 0.498. The molecule has 1 aromatic heterocycles. The van der Waals surface area contributed by atoms with Crippen molar-refractivity contribution in [2.75, 3.05) is 19.8 Å². The smallest absolute Gasteiger partial charge is 0.338 e. The van der Waals surface area contributed by atoms with Gasteiger partial charge in [-0.1, -0.05) is 0 Å². The Morgan fingerprint density at radius 3 is 2.66 bits per heavy atom. The highest BCUT2D eigenvalue weighted by atomic mass is 32.1. The number of hydrogen-bond acceptors (Lipinski definition) is 7. The summed E-state index contributed by atoms with van der Waals surface area (Å²) in [5.74, 6) is -0.338. The van der Waals surface area contributed by atoms with Gasteiger partial charge in [0.05, 0.1) is 23.1 Å². The maximum Gasteiger partial charge on any atom is 0.338 e. The first kappa shape index (κ1) is 21.0. The zero-order chi connectivity index (χ0) is 20.6. The van der Waals surface area contributed by atoms with Crippen molar-refractivity contribution < 1.29 is 28.6 Å². The van der Waals surface area contributed by atoms with Gasteiger partial charge < -0.3 is 19.5 Å². The van der Waals surface area contributed by atoms with Crippen LogP contribution in [0, 0.1) is 0 Å². The van der Waals surface area contributed by atoms with Crippen LogP contribution in [-0.2, 0) is 20.8 Å². The highest BCUT2D eigenvalue weighted by Gasteiger charge is 2.17. The van der Waals surface area contributed by atoms with Crippen molar-refractivity contribution in [1.29, 1.82) is 0 Å². The molecule has 1 aliphatic heterocycles. The van der Waals surface area contributed by atoms with Crippen LogP contribution >= 0.6 is 11.3 Å². The van der Waals surface area contributed by atoms with Crippen molar-refractivity contribution in [2.24, 2.45) is 0 Å². The number of amides is 1. The molecule has 1 atom stereocenters. The van der Waals surface area contributed by atoms with E-state index in [1.165, 1.54) is 18.3 Å². The molecule has 0 bridgehead atoms. The van der Waals surface area contributed by atoms with E-state index in [2.05, 4.69) is 5.32 Å². The van der Waals surface area contributed by atoms with E-state index in [1.54, 1.807) is 36.4 Å². The second-order valence-corrected chi connectivity index (χ2v) is 7.81. The molecule has 1 fully saturated rings. The van der Waals surface area contributed by atoms with Crippen molar-refractivity contribution in [3.8, 4) is 5.75 Å². The molecule has 7 nitrogen and oxygen atoms in total. The minimum Gasteiger partial charge on any atom is -0.491 e. The zero-order valence-corrected chi connectivity index (χ0v) is 17.0. The molecule has 0 unspecified atom stereocenters. The molecule has 1 amide bonds. The van der Waals surface area contributed by atoms with Gasteiger partial charge in [-0.25, -0.2) is 4.79 Å². The summed E-state index contributed by atoms with van der Waals surface area (Å²) in [4.78, 5) is 36.7. The molecule has 1 aromatic carbocycles. The van der Waals surface area contributed by atoms with E-state index >= 15 is 0 Å². The third-order valence-electron chi connectivity index (χ3n) is 4.33. The van der Waals surface area contributed by atoms with Gasteiger partial charge in [0.2, 0.25) is 11.7 Å². The Morgan fingerprint density at radius 1 is 1.17 bits per heavy atom. The van der Waals surface area contributed by atoms with E-state index in [0.29, 0.717) is 29.3 Å². The van der Waals surface area contributed by atoms with Crippen molar-refractivity contribution in [1.82, 2.24) is 5.32 Å². The van der Waals surface area contributed by atoms with Gasteiger partial charge >= 0.3 is 5.97 Å². The Kier molecular flexibility index (Phi) is 7.37. The summed E-state index contributed by atoms with van der Waals surface area (Å²) in [5, 5.41) is 2.67. The standard InChI is InChI=1S/C21H23NO6S/c1-14(23)22-11-18-8-9-20(29-18)19(24)13-28-21(25)15-4-6-16(7-5-15)27-12-17-3-2-10-26-17/h4-9,17H,2-3,10-13H2,1H3,(H,22,23)/t17-/m0/s1. The number of esters is 1. The lowest BCUT2D eigenvalue weighted by Gasteiger charge is -2.11. The molecule has 1 saturated heterocycles. The van der Waals surface area contributed by atoms with Crippen LogP contribution in [0.15, 0.2) is 36.4 Å². The summed E-state index contributed by atoms with van der Waals surface area (Å²) < 4.78 is 16.3. The first-order valence-corrected chi connectivity index (χ1v) is 10.2. The predicted octanol–water partition coefficient (Wildman–Crippen LogP) is 2.98. The number of carbonyl (C=O) groups excluding carboxylic acids is 3. The topological polar surface area (TPSA) is 90.9 Å². The molecule has 0 radical (unpaired) electrons. The van der Waals surface area contributed by atoms with Crippen molar-refractivity contribution >= 4 is 29.0 Å². The molecule has 0 spiro atoms. The number of benzene rings is 1. The first-order chi connectivity index (χ1) is 14.0. The van der Waals surface area contributed by atoms with E-state index in [9.17, 15) is 14.4 Å². The maximum atomic E-state index is 12.2. The first-order valence-electron chi connectivity index (χ1n) is 9.39. The summed E-state index contributed by atoms with van der Waals surface area (Å²) in [7, 11) is 0.